The second-order valence-electron chi connectivity index (χ2n) is 7.98. The summed E-state index contributed by atoms with van der Waals surface area (Å²) < 4.78 is 46.9. The molecular weight excluding hydrogens is 399 g/mol. The Hall–Kier alpha value is -2.30. The van der Waals surface area contributed by atoms with Crippen molar-refractivity contribution in [2.75, 3.05) is 19.6 Å². The number of rotatable bonds is 5. The van der Waals surface area contributed by atoms with Crippen molar-refractivity contribution in [1.82, 2.24) is 19.8 Å². The molecule has 3 aliphatic heterocycles. The third-order valence-corrected chi connectivity index (χ3v) is 8.23. The number of nitrogens with one attached hydrogen (secondary N) is 2. The highest BCUT2D eigenvalue weighted by Crippen LogP contribution is 2.55. The molecule has 1 amide bonds. The lowest BCUT2D eigenvalue weighted by Crippen LogP contribution is -2.41. The van der Waals surface area contributed by atoms with Crippen LogP contribution in [0.3, 0.4) is 0 Å². The lowest BCUT2D eigenvalue weighted by molar-refractivity contribution is 0.00797. The minimum Gasteiger partial charge on any atom is -0.370 e. The summed E-state index contributed by atoms with van der Waals surface area (Å²) in [6.07, 6.45) is 4.34. The number of aromatic nitrogens is 2. The maximum atomic E-state index is 13.4. The molecule has 154 valence electrons. The quantitative estimate of drug-likeness (QED) is 0.755. The Bertz CT molecular complexity index is 1040. The van der Waals surface area contributed by atoms with E-state index >= 15 is 0 Å². The van der Waals surface area contributed by atoms with Crippen molar-refractivity contribution in [1.29, 1.82) is 0 Å². The first-order valence-electron chi connectivity index (χ1n) is 9.60. The SMILES string of the molecule is O=C(NC[C@H]1[C@H]2CN(S(=O)(=O)c3cn[nH]c3)C[C@]23CC[C@H]1O3)c1cccc(F)c1. The van der Waals surface area contributed by atoms with E-state index in [2.05, 4.69) is 15.5 Å². The van der Waals surface area contributed by atoms with Gasteiger partial charge >= 0.3 is 0 Å². The van der Waals surface area contributed by atoms with Crippen LogP contribution in [0.1, 0.15) is 23.2 Å². The Kier molecular flexibility index (Phi) is 4.27. The van der Waals surface area contributed by atoms with Crippen molar-refractivity contribution in [2.45, 2.75) is 29.4 Å². The van der Waals surface area contributed by atoms with Crippen LogP contribution < -0.4 is 5.32 Å². The molecule has 1 spiro atoms. The predicted octanol–water partition coefficient (Wildman–Crippen LogP) is 1.15. The van der Waals surface area contributed by atoms with Crippen LogP contribution in [0, 0.1) is 17.7 Å². The molecule has 0 saturated carbocycles. The van der Waals surface area contributed by atoms with E-state index in [9.17, 15) is 17.6 Å². The van der Waals surface area contributed by atoms with Gasteiger partial charge in [-0.15, -0.1) is 0 Å². The molecule has 10 heteroatoms. The summed E-state index contributed by atoms with van der Waals surface area (Å²) in [6, 6.07) is 5.54. The van der Waals surface area contributed by atoms with Crippen LogP contribution in [0.4, 0.5) is 4.39 Å². The van der Waals surface area contributed by atoms with Crippen molar-refractivity contribution in [3.63, 3.8) is 0 Å². The topological polar surface area (TPSA) is 104 Å². The molecular formula is C19H21FN4O4S. The number of halogens is 1. The molecule has 1 aromatic heterocycles. The first kappa shape index (κ1) is 18.7. The van der Waals surface area contributed by atoms with Crippen LogP contribution in [-0.4, -0.2) is 60.2 Å². The second-order valence-corrected chi connectivity index (χ2v) is 9.92. The molecule has 8 nitrogen and oxygen atoms in total. The number of amides is 1. The third-order valence-electron chi connectivity index (χ3n) is 6.45. The lowest BCUT2D eigenvalue weighted by Gasteiger charge is -2.29. The Morgan fingerprint density at radius 3 is 3.07 bits per heavy atom. The van der Waals surface area contributed by atoms with Gasteiger partial charge in [0.15, 0.2) is 0 Å². The van der Waals surface area contributed by atoms with E-state index in [1.807, 2.05) is 0 Å². The number of carbonyl (C=O) groups excluding carboxylic acids is 1. The highest BCUT2D eigenvalue weighted by atomic mass is 32.2. The van der Waals surface area contributed by atoms with Gasteiger partial charge in [-0.05, 0) is 31.0 Å². The Morgan fingerprint density at radius 2 is 2.31 bits per heavy atom. The predicted molar refractivity (Wildman–Crippen MR) is 99.9 cm³/mol. The van der Waals surface area contributed by atoms with Crippen LogP contribution in [0.2, 0.25) is 0 Å². The number of nitrogens with zero attached hydrogens (tertiary/aromatic N) is 2. The van der Waals surface area contributed by atoms with Gasteiger partial charge in [-0.25, -0.2) is 12.8 Å². The van der Waals surface area contributed by atoms with Crippen LogP contribution >= 0.6 is 0 Å². The molecule has 4 atom stereocenters. The summed E-state index contributed by atoms with van der Waals surface area (Å²) in [6.45, 7) is 1.03. The van der Waals surface area contributed by atoms with Crippen molar-refractivity contribution in [2.24, 2.45) is 11.8 Å². The van der Waals surface area contributed by atoms with Crippen LogP contribution in [0.25, 0.3) is 0 Å². The number of ether oxygens (including phenoxy) is 1. The first-order valence-corrected chi connectivity index (χ1v) is 11.0. The number of hydrogen-bond acceptors (Lipinski definition) is 5. The summed E-state index contributed by atoms with van der Waals surface area (Å²) in [5, 5.41) is 9.16. The molecule has 5 rings (SSSR count). The maximum absolute atomic E-state index is 13.4. The lowest BCUT2D eigenvalue weighted by atomic mass is 9.73. The monoisotopic (exact) mass is 420 g/mol. The molecule has 2 N–H and O–H groups in total. The summed E-state index contributed by atoms with van der Waals surface area (Å²) >= 11 is 0. The van der Waals surface area contributed by atoms with Crippen LogP contribution in [-0.2, 0) is 14.8 Å². The van der Waals surface area contributed by atoms with Gasteiger partial charge in [0, 0.05) is 43.2 Å². The first-order chi connectivity index (χ1) is 13.9. The van der Waals surface area contributed by atoms with E-state index in [0.29, 0.717) is 19.6 Å². The number of H-pyrrole nitrogens is 1. The summed E-state index contributed by atoms with van der Waals surface area (Å²) in [4.78, 5) is 12.5. The van der Waals surface area contributed by atoms with Gasteiger partial charge in [0.1, 0.15) is 10.7 Å². The third kappa shape index (κ3) is 2.97. The fourth-order valence-electron chi connectivity index (χ4n) is 5.08. The molecule has 2 aromatic rings. The highest BCUT2D eigenvalue weighted by molar-refractivity contribution is 7.89. The number of sulfonamides is 1. The highest BCUT2D eigenvalue weighted by Gasteiger charge is 2.64. The number of benzene rings is 1. The largest absolute Gasteiger partial charge is 0.370 e. The minimum absolute atomic E-state index is 0.00610. The van der Waals surface area contributed by atoms with Crippen molar-refractivity contribution >= 4 is 15.9 Å². The summed E-state index contributed by atoms with van der Waals surface area (Å²) in [5.74, 6) is -0.778. The van der Waals surface area contributed by atoms with Gasteiger partial charge in [-0.3, -0.25) is 9.89 Å². The average molecular weight is 420 g/mol. The van der Waals surface area contributed by atoms with E-state index in [0.717, 1.165) is 12.8 Å². The van der Waals surface area contributed by atoms with E-state index in [-0.39, 0.29) is 34.3 Å². The van der Waals surface area contributed by atoms with Gasteiger partial charge < -0.3 is 10.1 Å². The van der Waals surface area contributed by atoms with Crippen molar-refractivity contribution < 1.29 is 22.3 Å². The molecule has 4 heterocycles. The standard InChI is InChI=1S/C19H21FN4O4S/c20-13-3-1-2-12(6-13)18(25)21-9-15-16-10-24(11-19(16)5-4-17(15)28-19)29(26,27)14-7-22-23-8-14/h1-3,6-8,15-17H,4-5,9-11H2,(H,21,25)(H,22,23)/t15-,16+,17+,19+/m0/s1. The molecule has 0 aliphatic carbocycles. The zero-order valence-electron chi connectivity index (χ0n) is 15.5. The van der Waals surface area contributed by atoms with Gasteiger partial charge in [-0.2, -0.15) is 9.40 Å². The van der Waals surface area contributed by atoms with Crippen LogP contribution in [0.5, 0.6) is 0 Å². The van der Waals surface area contributed by atoms with Gasteiger partial charge in [-0.1, -0.05) is 6.07 Å². The second kappa shape index (κ2) is 6.61. The molecule has 3 saturated heterocycles. The summed E-state index contributed by atoms with van der Waals surface area (Å²) in [5.41, 5.74) is -0.227. The fraction of sp³-hybridized carbons (Fsp3) is 0.474. The molecule has 0 unspecified atom stereocenters. The fourth-order valence-corrected chi connectivity index (χ4v) is 6.51. The van der Waals surface area contributed by atoms with E-state index in [1.54, 1.807) is 6.07 Å². The smallest absolute Gasteiger partial charge is 0.251 e. The Balaban J connectivity index is 1.31. The van der Waals surface area contributed by atoms with Gasteiger partial charge in [0.2, 0.25) is 10.0 Å². The number of carbonyl (C=O) groups is 1. The van der Waals surface area contributed by atoms with Crippen molar-refractivity contribution in [3.8, 4) is 0 Å². The van der Waals surface area contributed by atoms with E-state index < -0.39 is 21.4 Å². The number of aromatic amines is 1. The van der Waals surface area contributed by atoms with Crippen LogP contribution in [0.15, 0.2) is 41.6 Å². The number of fused-ring (bicyclic) bond motifs is 1. The Labute approximate surface area is 167 Å². The molecule has 3 fully saturated rings. The molecule has 1 aromatic carbocycles. The average Bonchev–Trinajstić information content (AvgIpc) is 3.46. The van der Waals surface area contributed by atoms with E-state index in [4.69, 9.17) is 4.74 Å². The minimum atomic E-state index is -3.64. The molecule has 0 radical (unpaired) electrons. The van der Waals surface area contributed by atoms with Crippen molar-refractivity contribution in [3.05, 3.63) is 48.0 Å². The molecule has 2 bridgehead atoms. The van der Waals surface area contributed by atoms with Gasteiger partial charge in [0.25, 0.3) is 5.91 Å². The zero-order chi connectivity index (χ0) is 20.2. The molecule has 3 aliphatic rings. The van der Waals surface area contributed by atoms with Gasteiger partial charge in [0.05, 0.1) is 17.9 Å². The zero-order valence-corrected chi connectivity index (χ0v) is 16.4. The molecule has 29 heavy (non-hydrogen) atoms. The van der Waals surface area contributed by atoms with E-state index in [1.165, 1.54) is 34.9 Å². The summed E-state index contributed by atoms with van der Waals surface area (Å²) in [7, 11) is -3.64. The maximum Gasteiger partial charge on any atom is 0.251 e. The number of hydrogen-bond donors (Lipinski definition) is 2. The Morgan fingerprint density at radius 1 is 1.45 bits per heavy atom. The normalized spacial score (nSPS) is 31.1.